The van der Waals surface area contributed by atoms with Gasteiger partial charge in [-0.3, -0.25) is 9.59 Å². The maximum Gasteiger partial charge on any atom is 0.343 e. The smallest absolute Gasteiger partial charge is 0.343 e. The fourth-order valence-electron chi connectivity index (χ4n) is 2.68. The molecule has 7 nitrogen and oxygen atoms in total. The van der Waals surface area contributed by atoms with Crippen LogP contribution >= 0.6 is 23.2 Å². The van der Waals surface area contributed by atoms with Gasteiger partial charge in [-0.2, -0.15) is 5.10 Å². The topological polar surface area (TPSA) is 96.9 Å². The lowest BCUT2D eigenvalue weighted by molar-refractivity contribution is -0.120. The predicted octanol–water partition coefficient (Wildman–Crippen LogP) is 4.40. The second-order valence-corrected chi connectivity index (χ2v) is 7.75. The van der Waals surface area contributed by atoms with E-state index in [4.69, 9.17) is 27.9 Å². The minimum Gasteiger partial charge on any atom is -0.423 e. The van der Waals surface area contributed by atoms with Crippen molar-refractivity contribution in [3.63, 3.8) is 0 Å². The molecular weight excluding hydrogens is 465 g/mol. The Balaban J connectivity index is 1.45. The molecule has 168 valence electrons. The van der Waals surface area contributed by atoms with Gasteiger partial charge in [0.25, 0.3) is 11.8 Å². The van der Waals surface area contributed by atoms with Gasteiger partial charge in [0.05, 0.1) is 28.4 Å². The van der Waals surface area contributed by atoms with E-state index in [0.29, 0.717) is 21.9 Å². The number of nitrogens with zero attached hydrogens (tertiary/aromatic N) is 1. The zero-order chi connectivity index (χ0) is 23.8. The summed E-state index contributed by atoms with van der Waals surface area (Å²) in [6.45, 7) is 1.62. The summed E-state index contributed by atoms with van der Waals surface area (Å²) in [7, 11) is 0. The number of hydrogen-bond donors (Lipinski definition) is 2. The first-order chi connectivity index (χ1) is 15.8. The SMILES string of the molecule is Cc1cccc(C(=O)Oc2ccc(C=NNC(=O)CNC(=O)c3ccc(Cl)c(Cl)c3)cc2)c1. The van der Waals surface area contributed by atoms with Crippen molar-refractivity contribution >= 4 is 47.2 Å². The number of aryl methyl sites for hydroxylation is 1. The van der Waals surface area contributed by atoms with Gasteiger partial charge in [0, 0.05) is 5.56 Å². The maximum absolute atomic E-state index is 12.2. The van der Waals surface area contributed by atoms with Gasteiger partial charge in [0.15, 0.2) is 0 Å². The molecule has 3 aromatic carbocycles. The van der Waals surface area contributed by atoms with E-state index in [-0.39, 0.29) is 17.1 Å². The molecule has 0 atom stereocenters. The van der Waals surface area contributed by atoms with Crippen LogP contribution < -0.4 is 15.5 Å². The third kappa shape index (κ3) is 7.17. The molecule has 0 unspecified atom stereocenters. The van der Waals surface area contributed by atoms with Crippen LogP contribution in [-0.4, -0.2) is 30.5 Å². The van der Waals surface area contributed by atoms with Crippen molar-refractivity contribution in [1.29, 1.82) is 0 Å². The number of amides is 2. The molecule has 0 saturated heterocycles. The molecule has 33 heavy (non-hydrogen) atoms. The molecule has 0 fully saturated rings. The molecule has 0 aliphatic carbocycles. The molecule has 3 aromatic rings. The third-order valence-corrected chi connectivity index (χ3v) is 5.08. The van der Waals surface area contributed by atoms with E-state index in [1.54, 1.807) is 42.5 Å². The number of hydrogen-bond acceptors (Lipinski definition) is 5. The van der Waals surface area contributed by atoms with Crippen LogP contribution in [0.2, 0.25) is 10.0 Å². The Labute approximate surface area is 200 Å². The van der Waals surface area contributed by atoms with E-state index < -0.39 is 17.8 Å². The average molecular weight is 484 g/mol. The Kier molecular flexibility index (Phi) is 8.18. The number of hydrazone groups is 1. The van der Waals surface area contributed by atoms with Gasteiger partial charge in [-0.25, -0.2) is 10.2 Å². The fraction of sp³-hybridized carbons (Fsp3) is 0.0833. The second kappa shape index (κ2) is 11.3. The Bertz CT molecular complexity index is 1210. The van der Waals surface area contributed by atoms with Crippen molar-refractivity contribution in [2.75, 3.05) is 6.54 Å². The highest BCUT2D eigenvalue weighted by Gasteiger charge is 2.10. The Hall–Kier alpha value is -3.68. The zero-order valence-electron chi connectivity index (χ0n) is 17.5. The van der Waals surface area contributed by atoms with Gasteiger partial charge >= 0.3 is 5.97 Å². The summed E-state index contributed by atoms with van der Waals surface area (Å²) < 4.78 is 5.35. The fourth-order valence-corrected chi connectivity index (χ4v) is 2.98. The number of halogens is 2. The summed E-state index contributed by atoms with van der Waals surface area (Å²) in [5.74, 6) is -1.05. The molecule has 0 radical (unpaired) electrons. The first-order valence-corrected chi connectivity index (χ1v) is 10.5. The largest absolute Gasteiger partial charge is 0.423 e. The van der Waals surface area contributed by atoms with Crippen LogP contribution in [0.1, 0.15) is 31.8 Å². The zero-order valence-corrected chi connectivity index (χ0v) is 19.0. The predicted molar refractivity (Wildman–Crippen MR) is 127 cm³/mol. The normalized spacial score (nSPS) is 10.6. The minimum absolute atomic E-state index is 0.245. The molecule has 0 aliphatic heterocycles. The molecule has 2 amide bonds. The number of ether oxygens (including phenoxy) is 1. The molecule has 0 aliphatic rings. The van der Waals surface area contributed by atoms with Crippen molar-refractivity contribution in [3.05, 3.63) is 99.0 Å². The lowest BCUT2D eigenvalue weighted by Gasteiger charge is -2.06. The van der Waals surface area contributed by atoms with Gasteiger partial charge in [0.2, 0.25) is 0 Å². The van der Waals surface area contributed by atoms with Gasteiger partial charge in [-0.05, 0) is 67.1 Å². The van der Waals surface area contributed by atoms with E-state index in [2.05, 4.69) is 15.8 Å². The number of carbonyl (C=O) groups is 3. The van der Waals surface area contributed by atoms with E-state index in [1.165, 1.54) is 24.4 Å². The number of benzene rings is 3. The first kappa shape index (κ1) is 24.0. The number of esters is 1. The van der Waals surface area contributed by atoms with Crippen LogP contribution in [0.15, 0.2) is 71.8 Å². The third-order valence-electron chi connectivity index (χ3n) is 4.34. The number of nitrogens with one attached hydrogen (secondary N) is 2. The molecule has 9 heteroatoms. The van der Waals surface area contributed by atoms with Crippen molar-refractivity contribution in [1.82, 2.24) is 10.7 Å². The summed E-state index contributed by atoms with van der Waals surface area (Å²) in [6.07, 6.45) is 1.42. The maximum atomic E-state index is 12.2. The van der Waals surface area contributed by atoms with Crippen molar-refractivity contribution in [2.24, 2.45) is 5.10 Å². The number of rotatable bonds is 7. The van der Waals surface area contributed by atoms with Gasteiger partial charge < -0.3 is 10.1 Å². The number of carbonyl (C=O) groups excluding carboxylic acids is 3. The molecule has 2 N–H and O–H groups in total. The molecule has 0 saturated carbocycles. The highest BCUT2D eigenvalue weighted by molar-refractivity contribution is 6.42. The summed E-state index contributed by atoms with van der Waals surface area (Å²) >= 11 is 11.7. The van der Waals surface area contributed by atoms with Crippen LogP contribution in [0.3, 0.4) is 0 Å². The van der Waals surface area contributed by atoms with Crippen molar-refractivity contribution in [3.8, 4) is 5.75 Å². The van der Waals surface area contributed by atoms with Crippen LogP contribution in [-0.2, 0) is 4.79 Å². The van der Waals surface area contributed by atoms with Gasteiger partial charge in [-0.15, -0.1) is 0 Å². The van der Waals surface area contributed by atoms with Crippen LogP contribution in [0, 0.1) is 6.92 Å². The molecular formula is C24H19Cl2N3O4. The molecule has 0 heterocycles. The second-order valence-electron chi connectivity index (χ2n) is 6.93. The van der Waals surface area contributed by atoms with E-state index in [9.17, 15) is 14.4 Å². The first-order valence-electron chi connectivity index (χ1n) is 9.76. The van der Waals surface area contributed by atoms with E-state index >= 15 is 0 Å². The summed E-state index contributed by atoms with van der Waals surface area (Å²) in [5.41, 5.74) is 4.70. The lowest BCUT2D eigenvalue weighted by atomic mass is 10.1. The van der Waals surface area contributed by atoms with Crippen molar-refractivity contribution in [2.45, 2.75) is 6.92 Å². The standard InChI is InChI=1S/C24H19Cl2N3O4/c1-15-3-2-4-18(11-15)24(32)33-19-8-5-16(6-9-19)13-28-29-22(30)14-27-23(31)17-7-10-20(25)21(26)12-17/h2-13H,14H2,1H3,(H,27,31)(H,29,30). The van der Waals surface area contributed by atoms with Crippen LogP contribution in [0.25, 0.3) is 0 Å². The summed E-state index contributed by atoms with van der Waals surface area (Å²) in [6, 6.07) is 18.1. The molecule has 0 spiro atoms. The highest BCUT2D eigenvalue weighted by atomic mass is 35.5. The summed E-state index contributed by atoms with van der Waals surface area (Å²) in [4.78, 5) is 36.1. The Morgan fingerprint density at radius 2 is 1.70 bits per heavy atom. The summed E-state index contributed by atoms with van der Waals surface area (Å²) in [5, 5.41) is 6.88. The van der Waals surface area contributed by atoms with Gasteiger partial charge in [0.1, 0.15) is 5.75 Å². The van der Waals surface area contributed by atoms with E-state index in [1.807, 2.05) is 13.0 Å². The van der Waals surface area contributed by atoms with Crippen molar-refractivity contribution < 1.29 is 19.1 Å². The van der Waals surface area contributed by atoms with E-state index in [0.717, 1.165) is 5.56 Å². The molecule has 0 aromatic heterocycles. The van der Waals surface area contributed by atoms with Crippen LogP contribution in [0.4, 0.5) is 0 Å². The molecule has 3 rings (SSSR count). The van der Waals surface area contributed by atoms with Crippen LogP contribution in [0.5, 0.6) is 5.75 Å². The monoisotopic (exact) mass is 483 g/mol. The lowest BCUT2D eigenvalue weighted by Crippen LogP contribution is -2.34. The Morgan fingerprint density at radius 1 is 0.939 bits per heavy atom. The minimum atomic E-state index is -0.511. The Morgan fingerprint density at radius 3 is 2.39 bits per heavy atom. The highest BCUT2D eigenvalue weighted by Crippen LogP contribution is 2.22. The van der Waals surface area contributed by atoms with Gasteiger partial charge in [-0.1, -0.05) is 40.9 Å². The quantitative estimate of drug-likeness (QED) is 0.225. The molecule has 0 bridgehead atoms. The average Bonchev–Trinajstić information content (AvgIpc) is 2.80.